The molecule has 0 aromatic rings. The molecule has 1 heterocycles. The molecule has 4 nitrogen and oxygen atoms in total. The molecule has 6 heteroatoms. The minimum Gasteiger partial charge on any atom is -0.388 e. The summed E-state index contributed by atoms with van der Waals surface area (Å²) in [6.45, 7) is 10.6. The SMILES string of the molecule is CCNC(=NCC(O)(CC)CC)NCC1(C)CCCS1.I. The van der Waals surface area contributed by atoms with Crippen LogP contribution in [0.4, 0.5) is 0 Å². The lowest BCUT2D eigenvalue weighted by Gasteiger charge is -2.26. The van der Waals surface area contributed by atoms with E-state index < -0.39 is 5.60 Å². The van der Waals surface area contributed by atoms with E-state index in [1.807, 2.05) is 25.6 Å². The summed E-state index contributed by atoms with van der Waals surface area (Å²) in [7, 11) is 0. The second-order valence-electron chi connectivity index (χ2n) is 5.88. The van der Waals surface area contributed by atoms with Crippen LogP contribution in [-0.2, 0) is 0 Å². The average Bonchev–Trinajstić information content (AvgIpc) is 2.89. The van der Waals surface area contributed by atoms with Crippen molar-refractivity contribution in [2.24, 2.45) is 4.99 Å². The average molecular weight is 429 g/mol. The third kappa shape index (κ3) is 7.41. The molecule has 3 N–H and O–H groups in total. The van der Waals surface area contributed by atoms with Crippen molar-refractivity contribution >= 4 is 41.7 Å². The standard InChI is InChI=1S/C15H31N3OS.HI/c1-5-15(19,6-2)12-18-13(16-7-3)17-11-14(4)9-8-10-20-14;/h19H,5-12H2,1-4H3,(H2,16,17,18);1H. The zero-order valence-corrected chi connectivity index (χ0v) is 17.0. The number of nitrogens with one attached hydrogen (secondary N) is 2. The Labute approximate surface area is 151 Å². The Morgan fingerprint density at radius 1 is 1.29 bits per heavy atom. The first-order chi connectivity index (χ1) is 9.47. The molecule has 1 atom stereocenters. The topological polar surface area (TPSA) is 56.7 Å². The van der Waals surface area contributed by atoms with Gasteiger partial charge in [0.25, 0.3) is 0 Å². The number of halogens is 1. The van der Waals surface area contributed by atoms with Gasteiger partial charge in [0.05, 0.1) is 12.1 Å². The van der Waals surface area contributed by atoms with E-state index >= 15 is 0 Å². The van der Waals surface area contributed by atoms with Crippen molar-refractivity contribution in [3.05, 3.63) is 0 Å². The lowest BCUT2D eigenvalue weighted by atomic mass is 9.98. The normalized spacial score (nSPS) is 22.8. The predicted molar refractivity (Wildman–Crippen MR) is 105 cm³/mol. The Morgan fingerprint density at radius 3 is 2.43 bits per heavy atom. The van der Waals surface area contributed by atoms with Gasteiger partial charge in [-0.2, -0.15) is 11.8 Å². The van der Waals surface area contributed by atoms with E-state index in [0.29, 0.717) is 11.3 Å². The third-order valence-corrected chi connectivity index (χ3v) is 5.66. The Kier molecular flexibility index (Phi) is 10.3. The first kappa shape index (κ1) is 21.3. The van der Waals surface area contributed by atoms with Crippen LogP contribution in [0.3, 0.4) is 0 Å². The Balaban J connectivity index is 0.00000400. The molecule has 0 bridgehead atoms. The molecule has 1 fully saturated rings. The molecular weight excluding hydrogens is 397 g/mol. The Bertz CT molecular complexity index is 316. The molecule has 0 spiro atoms. The summed E-state index contributed by atoms with van der Waals surface area (Å²) in [5.74, 6) is 2.08. The van der Waals surface area contributed by atoms with Gasteiger partial charge >= 0.3 is 0 Å². The molecule has 1 aliphatic heterocycles. The number of aliphatic hydroxyl groups is 1. The van der Waals surface area contributed by atoms with Gasteiger partial charge in [-0.1, -0.05) is 13.8 Å². The van der Waals surface area contributed by atoms with Crippen LogP contribution in [0.5, 0.6) is 0 Å². The maximum Gasteiger partial charge on any atom is 0.191 e. The monoisotopic (exact) mass is 429 g/mol. The van der Waals surface area contributed by atoms with E-state index in [0.717, 1.165) is 31.9 Å². The number of hydrogen-bond acceptors (Lipinski definition) is 3. The van der Waals surface area contributed by atoms with E-state index in [4.69, 9.17) is 0 Å². The first-order valence-corrected chi connectivity index (χ1v) is 8.84. The first-order valence-electron chi connectivity index (χ1n) is 7.85. The van der Waals surface area contributed by atoms with Crippen molar-refractivity contribution in [1.82, 2.24) is 10.6 Å². The summed E-state index contributed by atoms with van der Waals surface area (Å²) in [6.07, 6.45) is 4.04. The zero-order chi connectivity index (χ0) is 15.1. The van der Waals surface area contributed by atoms with Crippen molar-refractivity contribution in [3.8, 4) is 0 Å². The fraction of sp³-hybridized carbons (Fsp3) is 0.933. The third-order valence-electron chi connectivity index (χ3n) is 4.12. The molecule has 1 saturated heterocycles. The minimum absolute atomic E-state index is 0. The summed E-state index contributed by atoms with van der Waals surface area (Å²) in [4.78, 5) is 4.55. The van der Waals surface area contributed by atoms with E-state index in [1.54, 1.807) is 0 Å². The lowest BCUT2D eigenvalue weighted by molar-refractivity contribution is 0.0418. The summed E-state index contributed by atoms with van der Waals surface area (Å²) in [5, 5.41) is 17.0. The summed E-state index contributed by atoms with van der Waals surface area (Å²) in [6, 6.07) is 0. The number of aliphatic imine (C=N–C) groups is 1. The van der Waals surface area contributed by atoms with Gasteiger partial charge in [0.1, 0.15) is 0 Å². The number of hydrogen-bond donors (Lipinski definition) is 3. The molecule has 0 aliphatic carbocycles. The van der Waals surface area contributed by atoms with Gasteiger partial charge in [0, 0.05) is 17.8 Å². The summed E-state index contributed by atoms with van der Waals surface area (Å²) >= 11 is 2.04. The fourth-order valence-electron chi connectivity index (χ4n) is 2.29. The van der Waals surface area contributed by atoms with Crippen LogP contribution >= 0.6 is 35.7 Å². The quantitative estimate of drug-likeness (QED) is 0.331. The number of nitrogens with zero attached hydrogens (tertiary/aromatic N) is 1. The van der Waals surface area contributed by atoms with Crippen molar-refractivity contribution in [1.29, 1.82) is 0 Å². The number of guanidine groups is 1. The van der Waals surface area contributed by atoms with Crippen LogP contribution in [0.25, 0.3) is 0 Å². The molecule has 0 radical (unpaired) electrons. The number of rotatable bonds is 7. The largest absolute Gasteiger partial charge is 0.388 e. The smallest absolute Gasteiger partial charge is 0.191 e. The highest BCUT2D eigenvalue weighted by atomic mass is 127. The maximum atomic E-state index is 10.3. The van der Waals surface area contributed by atoms with E-state index in [1.165, 1.54) is 18.6 Å². The molecule has 21 heavy (non-hydrogen) atoms. The van der Waals surface area contributed by atoms with Crippen LogP contribution in [0.1, 0.15) is 53.4 Å². The molecule has 0 aromatic carbocycles. The van der Waals surface area contributed by atoms with Gasteiger partial charge in [-0.3, -0.25) is 4.99 Å². The van der Waals surface area contributed by atoms with Crippen molar-refractivity contribution in [2.75, 3.05) is 25.4 Å². The fourth-order valence-corrected chi connectivity index (χ4v) is 3.53. The number of thioether (sulfide) groups is 1. The zero-order valence-electron chi connectivity index (χ0n) is 13.9. The van der Waals surface area contributed by atoms with Gasteiger partial charge < -0.3 is 15.7 Å². The Morgan fingerprint density at radius 2 is 1.95 bits per heavy atom. The molecular formula is C15H32IN3OS. The Hall–Kier alpha value is 0.310. The molecule has 126 valence electrons. The van der Waals surface area contributed by atoms with Crippen molar-refractivity contribution in [3.63, 3.8) is 0 Å². The predicted octanol–water partition coefficient (Wildman–Crippen LogP) is 3.00. The molecule has 1 aliphatic rings. The van der Waals surface area contributed by atoms with E-state index in [-0.39, 0.29) is 24.0 Å². The second kappa shape index (κ2) is 10.2. The minimum atomic E-state index is -0.672. The molecule has 0 amide bonds. The highest BCUT2D eigenvalue weighted by Gasteiger charge is 2.29. The highest BCUT2D eigenvalue weighted by Crippen LogP contribution is 2.36. The van der Waals surface area contributed by atoms with Crippen molar-refractivity contribution in [2.45, 2.75) is 63.7 Å². The summed E-state index contributed by atoms with van der Waals surface area (Å²) in [5.41, 5.74) is -0.672. The highest BCUT2D eigenvalue weighted by molar-refractivity contribution is 14.0. The van der Waals surface area contributed by atoms with Crippen LogP contribution < -0.4 is 10.6 Å². The molecule has 0 saturated carbocycles. The lowest BCUT2D eigenvalue weighted by Crippen LogP contribution is -2.44. The van der Waals surface area contributed by atoms with Crippen LogP contribution in [0.2, 0.25) is 0 Å². The van der Waals surface area contributed by atoms with Crippen LogP contribution in [-0.4, -0.2) is 46.8 Å². The molecule has 1 rings (SSSR count). The van der Waals surface area contributed by atoms with Crippen LogP contribution in [0, 0.1) is 0 Å². The van der Waals surface area contributed by atoms with Gasteiger partial charge in [-0.15, -0.1) is 24.0 Å². The summed E-state index contributed by atoms with van der Waals surface area (Å²) < 4.78 is 0.321. The molecule has 1 unspecified atom stereocenters. The van der Waals surface area contributed by atoms with Gasteiger partial charge in [0.2, 0.25) is 0 Å². The van der Waals surface area contributed by atoms with Gasteiger partial charge in [-0.05, 0) is 45.3 Å². The van der Waals surface area contributed by atoms with Gasteiger partial charge in [-0.25, -0.2) is 0 Å². The van der Waals surface area contributed by atoms with Crippen molar-refractivity contribution < 1.29 is 5.11 Å². The second-order valence-corrected chi connectivity index (χ2v) is 7.56. The van der Waals surface area contributed by atoms with E-state index in [2.05, 4.69) is 29.5 Å². The van der Waals surface area contributed by atoms with E-state index in [9.17, 15) is 5.11 Å². The molecule has 0 aromatic heterocycles. The maximum absolute atomic E-state index is 10.3. The van der Waals surface area contributed by atoms with Gasteiger partial charge in [0.15, 0.2) is 5.96 Å². The van der Waals surface area contributed by atoms with Crippen LogP contribution in [0.15, 0.2) is 4.99 Å².